The van der Waals surface area contributed by atoms with Crippen LogP contribution >= 0.6 is 15.9 Å². The minimum absolute atomic E-state index is 0.0130. The monoisotopic (exact) mass is 311 g/mol. The number of ether oxygens (including phenoxy) is 1. The average molecular weight is 312 g/mol. The zero-order valence-electron chi connectivity index (χ0n) is 9.80. The Morgan fingerprint density at radius 2 is 2.11 bits per heavy atom. The molecule has 1 heterocycles. The summed E-state index contributed by atoms with van der Waals surface area (Å²) in [4.78, 5) is 13.9. The van der Waals surface area contributed by atoms with E-state index in [2.05, 4.69) is 15.9 Å². The quantitative estimate of drug-likeness (QED) is 0.686. The molecule has 1 aliphatic heterocycles. The largest absolute Gasteiger partial charge is 0.507 e. The van der Waals surface area contributed by atoms with E-state index >= 15 is 0 Å². The van der Waals surface area contributed by atoms with Crippen LogP contribution in [0.4, 0.5) is 0 Å². The molecule has 0 saturated carbocycles. The molecular formula is C13H14BrNO3. The van der Waals surface area contributed by atoms with Gasteiger partial charge in [0.25, 0.3) is 0 Å². The number of allylic oxidation sites excluding steroid dienone is 1. The Hall–Kier alpha value is -1.33. The molecule has 0 radical (unpaired) electrons. The molecular weight excluding hydrogens is 298 g/mol. The van der Waals surface area contributed by atoms with Gasteiger partial charge >= 0.3 is 0 Å². The van der Waals surface area contributed by atoms with Crippen molar-refractivity contribution >= 4 is 21.7 Å². The lowest BCUT2D eigenvalue weighted by Crippen LogP contribution is -2.32. The fourth-order valence-corrected chi connectivity index (χ4v) is 2.05. The molecule has 4 nitrogen and oxygen atoms in total. The number of halogens is 1. The summed E-state index contributed by atoms with van der Waals surface area (Å²) in [5.74, 6) is -0.215. The highest BCUT2D eigenvalue weighted by Crippen LogP contribution is 2.22. The zero-order chi connectivity index (χ0) is 13.0. The van der Waals surface area contributed by atoms with Gasteiger partial charge in [0.1, 0.15) is 5.75 Å². The van der Waals surface area contributed by atoms with Crippen LogP contribution in [-0.2, 0) is 4.74 Å². The molecule has 1 aromatic rings. The number of rotatable bonds is 3. The van der Waals surface area contributed by atoms with E-state index < -0.39 is 0 Å². The van der Waals surface area contributed by atoms with Gasteiger partial charge in [-0.05, 0) is 18.2 Å². The van der Waals surface area contributed by atoms with Crippen LogP contribution in [0.1, 0.15) is 10.4 Å². The van der Waals surface area contributed by atoms with Crippen molar-refractivity contribution in [2.24, 2.45) is 0 Å². The first-order valence-corrected chi connectivity index (χ1v) is 6.49. The first-order valence-electron chi connectivity index (χ1n) is 5.69. The van der Waals surface area contributed by atoms with Crippen LogP contribution in [0.5, 0.6) is 5.75 Å². The summed E-state index contributed by atoms with van der Waals surface area (Å²) >= 11 is 3.24. The fraction of sp³-hybridized carbons (Fsp3) is 0.308. The number of phenolic OH excluding ortho intramolecular Hbond substituents is 1. The summed E-state index contributed by atoms with van der Waals surface area (Å²) in [5.41, 5.74) is 0.308. The maximum absolute atomic E-state index is 11.9. The smallest absolute Gasteiger partial charge is 0.190 e. The van der Waals surface area contributed by atoms with Crippen LogP contribution in [0, 0.1) is 0 Å². The minimum atomic E-state index is -0.202. The first kappa shape index (κ1) is 13.1. The van der Waals surface area contributed by atoms with Crippen LogP contribution in [0.25, 0.3) is 0 Å². The molecule has 0 spiro atoms. The summed E-state index contributed by atoms with van der Waals surface area (Å²) in [6.07, 6.45) is 3.24. The highest BCUT2D eigenvalue weighted by Gasteiger charge is 2.10. The number of hydrogen-bond donors (Lipinski definition) is 1. The lowest BCUT2D eigenvalue weighted by molar-refractivity contribution is 0.0591. The summed E-state index contributed by atoms with van der Waals surface area (Å²) in [5, 5.41) is 9.68. The van der Waals surface area contributed by atoms with E-state index in [1.165, 1.54) is 12.1 Å². The van der Waals surface area contributed by atoms with Gasteiger partial charge in [-0.25, -0.2) is 0 Å². The lowest BCUT2D eigenvalue weighted by atomic mass is 10.1. The number of ketones is 1. The van der Waals surface area contributed by atoms with Crippen LogP contribution in [0.15, 0.2) is 34.9 Å². The standard InChI is InChI=1S/C13H14BrNO3/c14-10-1-2-11(13(17)9-10)12(16)3-4-15-5-7-18-8-6-15/h1-4,9,17H,5-8H2/b4-3+. The van der Waals surface area contributed by atoms with Crippen LogP contribution < -0.4 is 0 Å². The van der Waals surface area contributed by atoms with E-state index in [9.17, 15) is 9.90 Å². The summed E-state index contributed by atoms with van der Waals surface area (Å²) in [6.45, 7) is 2.94. The van der Waals surface area contributed by atoms with Gasteiger partial charge in [0, 0.05) is 29.8 Å². The van der Waals surface area contributed by atoms with E-state index in [0.717, 1.165) is 17.6 Å². The molecule has 18 heavy (non-hydrogen) atoms. The van der Waals surface area contributed by atoms with Gasteiger partial charge in [-0.3, -0.25) is 4.79 Å². The van der Waals surface area contributed by atoms with E-state index in [4.69, 9.17) is 4.74 Å². The maximum atomic E-state index is 11.9. The Balaban J connectivity index is 2.04. The van der Waals surface area contributed by atoms with Crippen molar-refractivity contribution in [2.75, 3.05) is 26.3 Å². The Labute approximate surface area is 114 Å². The number of aromatic hydroxyl groups is 1. The normalized spacial score (nSPS) is 16.2. The van der Waals surface area contributed by atoms with Crippen molar-refractivity contribution in [3.63, 3.8) is 0 Å². The number of nitrogens with zero attached hydrogens (tertiary/aromatic N) is 1. The molecule has 1 aromatic carbocycles. The SMILES string of the molecule is O=C(/C=C/N1CCOCC1)c1ccc(Br)cc1O. The number of hydrogen-bond acceptors (Lipinski definition) is 4. The highest BCUT2D eigenvalue weighted by atomic mass is 79.9. The van der Waals surface area contributed by atoms with Crippen molar-refractivity contribution in [3.8, 4) is 5.75 Å². The molecule has 1 fully saturated rings. The number of benzene rings is 1. The van der Waals surface area contributed by atoms with E-state index in [0.29, 0.717) is 18.8 Å². The second-order valence-electron chi connectivity index (χ2n) is 3.99. The number of carbonyl (C=O) groups is 1. The molecule has 96 valence electrons. The minimum Gasteiger partial charge on any atom is -0.507 e. The lowest BCUT2D eigenvalue weighted by Gasteiger charge is -2.24. The van der Waals surface area contributed by atoms with Crippen molar-refractivity contribution in [2.45, 2.75) is 0 Å². The molecule has 0 atom stereocenters. The Morgan fingerprint density at radius 1 is 1.39 bits per heavy atom. The fourth-order valence-electron chi connectivity index (χ4n) is 1.70. The third-order valence-electron chi connectivity index (χ3n) is 2.71. The predicted octanol–water partition coefficient (Wildman–Crippen LogP) is 2.18. The second-order valence-corrected chi connectivity index (χ2v) is 4.91. The molecule has 0 aliphatic carbocycles. The molecule has 0 aromatic heterocycles. The van der Waals surface area contributed by atoms with Crippen LogP contribution in [0.3, 0.4) is 0 Å². The molecule has 2 rings (SSSR count). The van der Waals surface area contributed by atoms with Gasteiger partial charge in [0.15, 0.2) is 5.78 Å². The average Bonchev–Trinajstić information content (AvgIpc) is 2.37. The van der Waals surface area contributed by atoms with Crippen molar-refractivity contribution < 1.29 is 14.6 Å². The van der Waals surface area contributed by atoms with Crippen LogP contribution in [-0.4, -0.2) is 42.1 Å². The molecule has 1 N–H and O–H groups in total. The van der Waals surface area contributed by atoms with Crippen molar-refractivity contribution in [1.82, 2.24) is 4.90 Å². The number of morpholine rings is 1. The van der Waals surface area contributed by atoms with Gasteiger partial charge in [-0.2, -0.15) is 0 Å². The second kappa shape index (κ2) is 6.02. The van der Waals surface area contributed by atoms with Gasteiger partial charge in [-0.1, -0.05) is 15.9 Å². The molecule has 1 saturated heterocycles. The van der Waals surface area contributed by atoms with Gasteiger partial charge in [0.05, 0.1) is 18.8 Å². The molecule has 0 amide bonds. The van der Waals surface area contributed by atoms with Gasteiger partial charge in [0.2, 0.25) is 0 Å². The molecule has 0 bridgehead atoms. The summed E-state index contributed by atoms with van der Waals surface area (Å²) in [6, 6.07) is 4.84. The Morgan fingerprint density at radius 3 is 2.78 bits per heavy atom. The maximum Gasteiger partial charge on any atom is 0.190 e. The highest BCUT2D eigenvalue weighted by molar-refractivity contribution is 9.10. The van der Waals surface area contributed by atoms with Gasteiger partial charge in [-0.15, -0.1) is 0 Å². The number of phenols is 1. The third kappa shape index (κ3) is 3.34. The van der Waals surface area contributed by atoms with Crippen LogP contribution in [0.2, 0.25) is 0 Å². The molecule has 5 heteroatoms. The van der Waals surface area contributed by atoms with Crippen molar-refractivity contribution in [3.05, 3.63) is 40.5 Å². The number of carbonyl (C=O) groups excluding carboxylic acids is 1. The first-order chi connectivity index (χ1) is 8.66. The summed E-state index contributed by atoms with van der Waals surface area (Å²) in [7, 11) is 0. The Bertz CT molecular complexity index is 467. The zero-order valence-corrected chi connectivity index (χ0v) is 11.4. The van der Waals surface area contributed by atoms with E-state index in [-0.39, 0.29) is 11.5 Å². The predicted molar refractivity (Wildman–Crippen MR) is 71.7 cm³/mol. The third-order valence-corrected chi connectivity index (χ3v) is 3.20. The van der Waals surface area contributed by atoms with E-state index in [1.54, 1.807) is 18.3 Å². The Kier molecular flexibility index (Phi) is 4.38. The van der Waals surface area contributed by atoms with Crippen molar-refractivity contribution in [1.29, 1.82) is 0 Å². The summed E-state index contributed by atoms with van der Waals surface area (Å²) < 4.78 is 5.96. The topological polar surface area (TPSA) is 49.8 Å². The molecule has 1 aliphatic rings. The van der Waals surface area contributed by atoms with E-state index in [1.807, 2.05) is 4.90 Å². The van der Waals surface area contributed by atoms with Gasteiger partial charge < -0.3 is 14.7 Å². The molecule has 0 unspecified atom stereocenters.